The monoisotopic (exact) mass is 288 g/mol. The highest BCUT2D eigenvalue weighted by molar-refractivity contribution is 5.92. The molecule has 1 aromatic rings. The van der Waals surface area contributed by atoms with Crippen LogP contribution in [0.15, 0.2) is 24.3 Å². The van der Waals surface area contributed by atoms with Gasteiger partial charge in [0.15, 0.2) is 0 Å². The van der Waals surface area contributed by atoms with Crippen LogP contribution >= 0.6 is 0 Å². The lowest BCUT2D eigenvalue weighted by atomic mass is 9.78. The lowest BCUT2D eigenvalue weighted by Gasteiger charge is -2.32. The Bertz CT molecular complexity index is 502. The molecule has 3 nitrogen and oxygen atoms in total. The molecule has 0 spiro atoms. The lowest BCUT2D eigenvalue weighted by Crippen LogP contribution is -2.40. The van der Waals surface area contributed by atoms with E-state index in [-0.39, 0.29) is 6.10 Å². The predicted molar refractivity (Wildman–Crippen MR) is 81.7 cm³/mol. The molecule has 0 heterocycles. The summed E-state index contributed by atoms with van der Waals surface area (Å²) < 4.78 is 11.5. The van der Waals surface area contributed by atoms with Gasteiger partial charge in [0.25, 0.3) is 0 Å². The maximum atomic E-state index is 12.5. The number of methoxy groups -OCH3 is 1. The fourth-order valence-corrected chi connectivity index (χ4v) is 3.74. The van der Waals surface area contributed by atoms with Crippen LogP contribution in [0, 0.1) is 0 Å². The molecule has 2 saturated carbocycles. The molecule has 0 radical (unpaired) electrons. The van der Waals surface area contributed by atoms with Gasteiger partial charge in [0.2, 0.25) is 0 Å². The van der Waals surface area contributed by atoms with Gasteiger partial charge in [0.05, 0.1) is 24.7 Å². The van der Waals surface area contributed by atoms with Crippen molar-refractivity contribution in [2.45, 2.75) is 63.1 Å². The van der Waals surface area contributed by atoms with Crippen LogP contribution in [0.3, 0.4) is 0 Å². The molecular formula is C18H24O3. The van der Waals surface area contributed by atoms with E-state index >= 15 is 0 Å². The highest BCUT2D eigenvalue weighted by atomic mass is 16.5. The largest absolute Gasteiger partial charge is 0.497 e. The summed E-state index contributed by atoms with van der Waals surface area (Å²) in [6.07, 6.45) is 6.62. The Labute approximate surface area is 126 Å². The van der Waals surface area contributed by atoms with Crippen LogP contribution in [-0.4, -0.2) is 25.1 Å². The van der Waals surface area contributed by atoms with Gasteiger partial charge < -0.3 is 9.47 Å². The minimum Gasteiger partial charge on any atom is -0.497 e. The van der Waals surface area contributed by atoms with E-state index in [0.29, 0.717) is 18.3 Å². The van der Waals surface area contributed by atoms with Crippen LogP contribution in [0.1, 0.15) is 51.0 Å². The van der Waals surface area contributed by atoms with Crippen LogP contribution in [0.5, 0.6) is 5.75 Å². The van der Waals surface area contributed by atoms with E-state index in [1.54, 1.807) is 7.11 Å². The molecule has 0 N–H and O–H groups in total. The maximum absolute atomic E-state index is 12.5. The van der Waals surface area contributed by atoms with Gasteiger partial charge in [0.1, 0.15) is 11.5 Å². The number of ether oxygens (including phenoxy) is 2. The molecule has 21 heavy (non-hydrogen) atoms. The third-order valence-electron chi connectivity index (χ3n) is 5.21. The summed E-state index contributed by atoms with van der Waals surface area (Å²) in [5.41, 5.74) is 0.545. The van der Waals surface area contributed by atoms with Crippen molar-refractivity contribution in [1.29, 1.82) is 0 Å². The van der Waals surface area contributed by atoms with Crippen molar-refractivity contribution in [1.82, 2.24) is 0 Å². The van der Waals surface area contributed by atoms with Crippen molar-refractivity contribution < 1.29 is 14.3 Å². The van der Waals surface area contributed by atoms with Gasteiger partial charge in [-0.1, -0.05) is 25.0 Å². The first-order valence-electron chi connectivity index (χ1n) is 7.98. The van der Waals surface area contributed by atoms with Crippen molar-refractivity contribution in [3.8, 4) is 5.75 Å². The molecule has 2 aliphatic carbocycles. The fourth-order valence-electron chi connectivity index (χ4n) is 3.74. The predicted octanol–water partition coefficient (Wildman–Crippen LogP) is 3.64. The van der Waals surface area contributed by atoms with Crippen molar-refractivity contribution >= 4 is 5.78 Å². The number of hydrogen-bond acceptors (Lipinski definition) is 3. The summed E-state index contributed by atoms with van der Waals surface area (Å²) in [4.78, 5) is 12.5. The van der Waals surface area contributed by atoms with Gasteiger partial charge >= 0.3 is 0 Å². The summed E-state index contributed by atoms with van der Waals surface area (Å²) in [6.45, 7) is 2.05. The third kappa shape index (κ3) is 2.59. The number of rotatable bonds is 4. The van der Waals surface area contributed by atoms with Crippen LogP contribution in [0.4, 0.5) is 0 Å². The fraction of sp³-hybridized carbons (Fsp3) is 0.611. The molecule has 0 aliphatic heterocycles. The van der Waals surface area contributed by atoms with Crippen LogP contribution < -0.4 is 4.74 Å². The van der Waals surface area contributed by atoms with Gasteiger partial charge in [-0.05, 0) is 43.9 Å². The van der Waals surface area contributed by atoms with Crippen LogP contribution in [-0.2, 0) is 14.9 Å². The standard InChI is InChI=1S/C18H24O3/c1-18(13-7-9-14(20-2)10-8-13)16(19)11-12-17(18)21-15-5-3-4-6-15/h7-10,15,17H,3-6,11-12H2,1-2H3. The first-order chi connectivity index (χ1) is 10.1. The molecule has 3 rings (SSSR count). The van der Waals surface area contributed by atoms with E-state index in [0.717, 1.165) is 30.6 Å². The molecule has 0 amide bonds. The normalized spacial score (nSPS) is 30.0. The molecule has 2 aliphatic rings. The highest BCUT2D eigenvalue weighted by Crippen LogP contribution is 2.42. The topological polar surface area (TPSA) is 35.5 Å². The van der Waals surface area contributed by atoms with E-state index in [1.807, 2.05) is 31.2 Å². The van der Waals surface area contributed by atoms with Crippen LogP contribution in [0.2, 0.25) is 0 Å². The van der Waals surface area contributed by atoms with Crippen molar-refractivity contribution in [3.05, 3.63) is 29.8 Å². The molecule has 2 unspecified atom stereocenters. The molecule has 2 fully saturated rings. The van der Waals surface area contributed by atoms with Crippen molar-refractivity contribution in [2.24, 2.45) is 0 Å². The van der Waals surface area contributed by atoms with Gasteiger partial charge in [-0.15, -0.1) is 0 Å². The smallest absolute Gasteiger partial charge is 0.145 e. The second kappa shape index (κ2) is 5.80. The van der Waals surface area contributed by atoms with E-state index in [4.69, 9.17) is 9.47 Å². The summed E-state index contributed by atoms with van der Waals surface area (Å²) >= 11 is 0. The summed E-state index contributed by atoms with van der Waals surface area (Å²) in [7, 11) is 1.66. The second-order valence-corrected chi connectivity index (χ2v) is 6.42. The highest BCUT2D eigenvalue weighted by Gasteiger charge is 2.49. The zero-order valence-electron chi connectivity index (χ0n) is 12.9. The van der Waals surface area contributed by atoms with Gasteiger partial charge in [-0.25, -0.2) is 0 Å². The SMILES string of the molecule is COc1ccc(C2(C)C(=O)CCC2OC2CCCC2)cc1. The number of benzene rings is 1. The molecule has 2 atom stereocenters. The number of carbonyl (C=O) groups excluding carboxylic acids is 1. The Kier molecular flexibility index (Phi) is 4.03. The number of carbonyl (C=O) groups is 1. The van der Waals surface area contributed by atoms with Gasteiger partial charge in [-0.3, -0.25) is 4.79 Å². The molecular weight excluding hydrogens is 264 g/mol. The third-order valence-corrected chi connectivity index (χ3v) is 5.21. The molecule has 0 aromatic heterocycles. The maximum Gasteiger partial charge on any atom is 0.145 e. The average molecular weight is 288 g/mol. The molecule has 0 saturated heterocycles. The number of hydrogen-bond donors (Lipinski definition) is 0. The summed E-state index contributed by atoms with van der Waals surface area (Å²) in [5.74, 6) is 1.12. The van der Waals surface area contributed by atoms with E-state index in [2.05, 4.69) is 0 Å². The zero-order valence-corrected chi connectivity index (χ0v) is 12.9. The molecule has 0 bridgehead atoms. The number of Topliss-reactive ketones (excluding diaryl/α,β-unsaturated/α-hetero) is 1. The molecule has 114 valence electrons. The van der Waals surface area contributed by atoms with E-state index in [1.165, 1.54) is 12.8 Å². The minimum absolute atomic E-state index is 0.0153. The van der Waals surface area contributed by atoms with E-state index in [9.17, 15) is 4.79 Å². The number of ketones is 1. The first kappa shape index (κ1) is 14.6. The quantitative estimate of drug-likeness (QED) is 0.848. The average Bonchev–Trinajstić information content (AvgIpc) is 3.12. The summed E-state index contributed by atoms with van der Waals surface area (Å²) in [5, 5.41) is 0. The van der Waals surface area contributed by atoms with Crippen molar-refractivity contribution in [3.63, 3.8) is 0 Å². The van der Waals surface area contributed by atoms with Crippen LogP contribution in [0.25, 0.3) is 0 Å². The molecule has 1 aromatic carbocycles. The van der Waals surface area contributed by atoms with Crippen molar-refractivity contribution in [2.75, 3.05) is 7.11 Å². The minimum atomic E-state index is -0.505. The van der Waals surface area contributed by atoms with Gasteiger partial charge in [-0.2, -0.15) is 0 Å². The second-order valence-electron chi connectivity index (χ2n) is 6.42. The Morgan fingerprint density at radius 2 is 1.76 bits per heavy atom. The molecule has 3 heteroatoms. The Morgan fingerprint density at radius 1 is 1.10 bits per heavy atom. The summed E-state index contributed by atoms with van der Waals surface area (Å²) in [6, 6.07) is 7.87. The Balaban J connectivity index is 1.84. The Hall–Kier alpha value is -1.35. The lowest BCUT2D eigenvalue weighted by molar-refractivity contribution is -0.125. The van der Waals surface area contributed by atoms with E-state index < -0.39 is 5.41 Å². The van der Waals surface area contributed by atoms with Gasteiger partial charge in [0, 0.05) is 6.42 Å². The first-order valence-corrected chi connectivity index (χ1v) is 7.98. The Morgan fingerprint density at radius 3 is 2.38 bits per heavy atom. The zero-order chi connectivity index (χ0) is 14.9.